The molecule has 0 aliphatic rings. The lowest BCUT2D eigenvalue weighted by Gasteiger charge is -2.09. The van der Waals surface area contributed by atoms with Gasteiger partial charge in [0.25, 0.3) is 5.91 Å². The van der Waals surface area contributed by atoms with Gasteiger partial charge in [0.15, 0.2) is 0 Å². The Morgan fingerprint density at radius 3 is 2.35 bits per heavy atom. The molecule has 3 aromatic rings. The predicted octanol–water partition coefficient (Wildman–Crippen LogP) is 3.78. The second-order valence-corrected chi connectivity index (χ2v) is 8.45. The van der Waals surface area contributed by atoms with E-state index in [-0.39, 0.29) is 22.4 Å². The normalized spacial score (nSPS) is 13.1. The van der Waals surface area contributed by atoms with Crippen LogP contribution >= 0.6 is 11.3 Å². The zero-order chi connectivity index (χ0) is 22.7. The van der Waals surface area contributed by atoms with Crippen molar-refractivity contribution in [1.29, 1.82) is 0 Å². The first kappa shape index (κ1) is 22.8. The van der Waals surface area contributed by atoms with Crippen LogP contribution < -0.4 is 11.1 Å². The van der Waals surface area contributed by atoms with Gasteiger partial charge in [0.05, 0.1) is 23.3 Å². The number of nitrogens with zero attached hydrogens (tertiary/aromatic N) is 1. The molecule has 3 rings (SSSR count). The summed E-state index contributed by atoms with van der Waals surface area (Å²) < 4.78 is 29.4. The van der Waals surface area contributed by atoms with Crippen LogP contribution in [0.25, 0.3) is 10.4 Å². The summed E-state index contributed by atoms with van der Waals surface area (Å²) in [6.45, 7) is 3.18. The van der Waals surface area contributed by atoms with Crippen LogP contribution in [0.4, 0.5) is 19.6 Å². The molecule has 6 nitrogen and oxygen atoms in total. The fourth-order valence-electron chi connectivity index (χ4n) is 3.19. The van der Waals surface area contributed by atoms with Crippen molar-refractivity contribution < 1.29 is 23.8 Å². The van der Waals surface area contributed by atoms with Crippen molar-refractivity contribution in [3.63, 3.8) is 0 Å². The molecule has 2 unspecified atom stereocenters. The molecule has 9 heteroatoms. The van der Waals surface area contributed by atoms with Crippen molar-refractivity contribution in [2.24, 2.45) is 5.73 Å². The van der Waals surface area contributed by atoms with E-state index >= 15 is 0 Å². The summed E-state index contributed by atoms with van der Waals surface area (Å²) >= 11 is 0.973. The second-order valence-electron chi connectivity index (χ2n) is 7.40. The van der Waals surface area contributed by atoms with E-state index in [1.165, 1.54) is 25.1 Å². The summed E-state index contributed by atoms with van der Waals surface area (Å²) in [5, 5.41) is 22.3. The Labute approximate surface area is 182 Å². The van der Waals surface area contributed by atoms with Gasteiger partial charge < -0.3 is 21.3 Å². The summed E-state index contributed by atoms with van der Waals surface area (Å²) in [4.78, 5) is 16.5. The Hall–Kier alpha value is -2.88. The molecule has 0 spiro atoms. The third kappa shape index (κ3) is 5.63. The molecule has 31 heavy (non-hydrogen) atoms. The number of aromatic nitrogens is 1. The van der Waals surface area contributed by atoms with Gasteiger partial charge in [-0.05, 0) is 56.2 Å². The van der Waals surface area contributed by atoms with E-state index in [9.17, 15) is 23.8 Å². The van der Waals surface area contributed by atoms with E-state index in [0.717, 1.165) is 11.3 Å². The summed E-state index contributed by atoms with van der Waals surface area (Å²) in [5.41, 5.74) is 6.25. The van der Waals surface area contributed by atoms with Gasteiger partial charge in [-0.25, -0.2) is 13.8 Å². The molecule has 0 fully saturated rings. The van der Waals surface area contributed by atoms with Crippen molar-refractivity contribution in [3.8, 4) is 10.4 Å². The van der Waals surface area contributed by atoms with E-state index in [1.54, 1.807) is 25.1 Å². The molecule has 5 N–H and O–H groups in total. The fourth-order valence-corrected chi connectivity index (χ4v) is 4.31. The van der Waals surface area contributed by atoms with Gasteiger partial charge in [0.1, 0.15) is 22.5 Å². The van der Waals surface area contributed by atoms with Crippen LogP contribution in [0.2, 0.25) is 0 Å². The Kier molecular flexibility index (Phi) is 6.99. The third-order valence-electron chi connectivity index (χ3n) is 4.43. The third-order valence-corrected chi connectivity index (χ3v) is 5.50. The molecule has 0 saturated carbocycles. The number of thiophene rings is 1. The van der Waals surface area contributed by atoms with Gasteiger partial charge in [-0.15, -0.1) is 11.3 Å². The van der Waals surface area contributed by atoms with E-state index in [2.05, 4.69) is 10.3 Å². The highest BCUT2D eigenvalue weighted by molar-refractivity contribution is 7.20. The van der Waals surface area contributed by atoms with Crippen LogP contribution in [-0.2, 0) is 12.8 Å². The van der Waals surface area contributed by atoms with Crippen molar-refractivity contribution >= 4 is 28.1 Å². The number of amides is 1. The van der Waals surface area contributed by atoms with Crippen molar-refractivity contribution in [2.45, 2.75) is 38.9 Å². The summed E-state index contributed by atoms with van der Waals surface area (Å²) in [6, 6.07) is 8.84. The summed E-state index contributed by atoms with van der Waals surface area (Å²) in [7, 11) is 0. The lowest BCUT2D eigenvalue weighted by atomic mass is 10.0. The second kappa shape index (κ2) is 9.51. The molecule has 2 aromatic heterocycles. The van der Waals surface area contributed by atoms with E-state index in [0.29, 0.717) is 28.5 Å². The predicted molar refractivity (Wildman–Crippen MR) is 116 cm³/mol. The fraction of sp³-hybridized carbons (Fsp3) is 0.273. The van der Waals surface area contributed by atoms with Crippen LogP contribution in [0.5, 0.6) is 0 Å². The maximum atomic E-state index is 14.7. The van der Waals surface area contributed by atoms with Crippen molar-refractivity contribution in [3.05, 3.63) is 64.9 Å². The van der Waals surface area contributed by atoms with Crippen LogP contribution in [0, 0.1) is 11.6 Å². The van der Waals surface area contributed by atoms with E-state index in [4.69, 9.17) is 5.73 Å². The van der Waals surface area contributed by atoms with Crippen LogP contribution in [0.15, 0.2) is 36.4 Å². The number of anilines is 2. The number of primary amides is 1. The molecule has 1 amide bonds. The summed E-state index contributed by atoms with van der Waals surface area (Å²) in [5.74, 6) is -1.94. The van der Waals surface area contributed by atoms with Gasteiger partial charge in [-0.1, -0.05) is 6.07 Å². The Morgan fingerprint density at radius 2 is 1.77 bits per heavy atom. The molecule has 2 heterocycles. The minimum atomic E-state index is -0.795. The molecular formula is C22H23F2N3O3S. The molecule has 0 bridgehead atoms. The number of pyridine rings is 1. The highest BCUT2D eigenvalue weighted by atomic mass is 32.1. The number of aliphatic hydroxyl groups is 2. The smallest absolute Gasteiger partial charge is 0.251 e. The van der Waals surface area contributed by atoms with Gasteiger partial charge in [0, 0.05) is 17.0 Å². The number of nitrogens with two attached hydrogens (primary N) is 1. The van der Waals surface area contributed by atoms with Gasteiger partial charge >= 0.3 is 0 Å². The minimum absolute atomic E-state index is 0.0783. The maximum Gasteiger partial charge on any atom is 0.251 e. The van der Waals surface area contributed by atoms with E-state index < -0.39 is 29.7 Å². The van der Waals surface area contributed by atoms with Crippen molar-refractivity contribution in [2.75, 3.05) is 5.32 Å². The molecule has 164 valence electrons. The number of aliphatic hydroxyl groups excluding tert-OH is 2. The number of halogens is 2. The standard InChI is InChI=1S/C22H23F2N3O3S/c1-11(28)6-13-8-16(23)20(17(24)9-13)18-10-15(21(25)30)22(31-18)27-19-5-3-4-14(26-19)7-12(2)29/h3-5,8-12,28-29H,6-7H2,1-2H3,(H2,25,30)(H,26,27). The molecule has 1 aromatic carbocycles. The molecule has 0 saturated heterocycles. The van der Waals surface area contributed by atoms with Crippen LogP contribution in [0.3, 0.4) is 0 Å². The number of carbonyl (C=O) groups excluding carboxylic acids is 1. The number of nitrogens with one attached hydrogen (secondary N) is 1. The number of hydrogen-bond donors (Lipinski definition) is 4. The first-order chi connectivity index (χ1) is 14.6. The Morgan fingerprint density at radius 1 is 1.13 bits per heavy atom. The lowest BCUT2D eigenvalue weighted by Crippen LogP contribution is -2.12. The zero-order valence-electron chi connectivity index (χ0n) is 17.0. The number of rotatable bonds is 8. The first-order valence-electron chi connectivity index (χ1n) is 9.65. The molecule has 2 atom stereocenters. The lowest BCUT2D eigenvalue weighted by molar-refractivity contribution is 0.100. The zero-order valence-corrected chi connectivity index (χ0v) is 17.8. The topological polar surface area (TPSA) is 108 Å². The molecule has 0 aliphatic heterocycles. The molecular weight excluding hydrogens is 424 g/mol. The highest BCUT2D eigenvalue weighted by Gasteiger charge is 2.21. The van der Waals surface area contributed by atoms with Gasteiger partial charge in [-0.2, -0.15) is 0 Å². The Bertz CT molecular complexity index is 1080. The minimum Gasteiger partial charge on any atom is -0.393 e. The molecule has 0 aliphatic carbocycles. The van der Waals surface area contributed by atoms with Crippen molar-refractivity contribution in [1.82, 2.24) is 4.98 Å². The largest absolute Gasteiger partial charge is 0.393 e. The number of benzene rings is 1. The monoisotopic (exact) mass is 447 g/mol. The molecule has 0 radical (unpaired) electrons. The van der Waals surface area contributed by atoms with E-state index in [1.807, 2.05) is 0 Å². The SMILES string of the molecule is CC(O)Cc1cc(F)c(-c2cc(C(N)=O)c(Nc3cccc(CC(C)O)n3)s2)c(F)c1. The summed E-state index contributed by atoms with van der Waals surface area (Å²) in [6.07, 6.45) is -0.837. The maximum absolute atomic E-state index is 14.7. The number of hydrogen-bond acceptors (Lipinski definition) is 6. The average Bonchev–Trinajstić information content (AvgIpc) is 3.03. The number of carbonyl (C=O) groups is 1. The highest BCUT2D eigenvalue weighted by Crippen LogP contribution is 2.39. The van der Waals surface area contributed by atoms with Gasteiger partial charge in [-0.3, -0.25) is 4.79 Å². The van der Waals surface area contributed by atoms with Crippen LogP contribution in [0.1, 0.15) is 35.5 Å². The van der Waals surface area contributed by atoms with Gasteiger partial charge in [0.2, 0.25) is 0 Å². The Balaban J connectivity index is 1.97. The average molecular weight is 448 g/mol. The van der Waals surface area contributed by atoms with Crippen LogP contribution in [-0.4, -0.2) is 33.3 Å². The first-order valence-corrected chi connectivity index (χ1v) is 10.5. The quantitative estimate of drug-likeness (QED) is 0.420.